The number of aliphatic hydroxyl groups is 3. The van der Waals surface area contributed by atoms with E-state index in [-0.39, 0.29) is 24.0 Å². The lowest BCUT2D eigenvalue weighted by Crippen LogP contribution is -2.50. The van der Waals surface area contributed by atoms with Crippen molar-refractivity contribution in [3.8, 4) is 0 Å². The molecule has 0 bridgehead atoms. The molecule has 2 heterocycles. The zero-order valence-electron chi connectivity index (χ0n) is 21.0. The van der Waals surface area contributed by atoms with Crippen LogP contribution in [0.2, 0.25) is 0 Å². The number of carbonyl (C=O) groups is 2. The molecule has 8 atom stereocenters. The number of rotatable bonds is 15. The summed E-state index contributed by atoms with van der Waals surface area (Å²) in [7, 11) is 0. The van der Waals surface area contributed by atoms with Gasteiger partial charge in [0.2, 0.25) is 0 Å². The van der Waals surface area contributed by atoms with Crippen molar-refractivity contribution in [3.05, 3.63) is 23.8 Å². The van der Waals surface area contributed by atoms with Gasteiger partial charge in [-0.25, -0.2) is 9.59 Å². The first-order chi connectivity index (χ1) is 16.6. The summed E-state index contributed by atoms with van der Waals surface area (Å²) in [4.78, 5) is 22.4. The van der Waals surface area contributed by atoms with Crippen molar-refractivity contribution < 1.29 is 44.2 Å². The minimum Gasteiger partial charge on any atom is -0.478 e. The van der Waals surface area contributed by atoms with Crippen molar-refractivity contribution in [2.24, 2.45) is 11.8 Å². The van der Waals surface area contributed by atoms with E-state index in [1.54, 1.807) is 19.9 Å². The van der Waals surface area contributed by atoms with Crippen molar-refractivity contribution in [2.75, 3.05) is 13.2 Å². The maximum absolute atomic E-state index is 12.0. The molecule has 2 aliphatic rings. The van der Waals surface area contributed by atoms with Gasteiger partial charge in [-0.3, -0.25) is 0 Å². The van der Waals surface area contributed by atoms with Crippen LogP contribution in [0, 0.1) is 11.8 Å². The molecule has 2 saturated heterocycles. The third kappa shape index (κ3) is 10.4. The van der Waals surface area contributed by atoms with Gasteiger partial charge in [-0.05, 0) is 46.0 Å². The number of esters is 1. The second kappa shape index (κ2) is 14.7. The first-order valence-corrected chi connectivity index (χ1v) is 12.6. The first-order valence-electron chi connectivity index (χ1n) is 12.6. The van der Waals surface area contributed by atoms with Gasteiger partial charge in [0.1, 0.15) is 6.10 Å². The molecule has 0 aromatic rings. The van der Waals surface area contributed by atoms with Crippen molar-refractivity contribution in [1.29, 1.82) is 0 Å². The fourth-order valence-corrected chi connectivity index (χ4v) is 4.41. The Morgan fingerprint density at radius 1 is 1.09 bits per heavy atom. The van der Waals surface area contributed by atoms with E-state index in [2.05, 4.69) is 0 Å². The second-order valence-corrected chi connectivity index (χ2v) is 9.89. The maximum Gasteiger partial charge on any atom is 0.330 e. The molecule has 4 N–H and O–H groups in total. The van der Waals surface area contributed by atoms with Crippen molar-refractivity contribution >= 4 is 11.9 Å². The number of ether oxygens (including phenoxy) is 3. The Hall–Kier alpha value is -1.78. The van der Waals surface area contributed by atoms with Crippen molar-refractivity contribution in [1.82, 2.24) is 0 Å². The van der Waals surface area contributed by atoms with Crippen LogP contribution in [0.4, 0.5) is 0 Å². The molecule has 2 rings (SSSR count). The zero-order chi connectivity index (χ0) is 26.0. The van der Waals surface area contributed by atoms with E-state index in [1.165, 1.54) is 6.08 Å². The molecule has 0 amide bonds. The van der Waals surface area contributed by atoms with Crippen LogP contribution in [0.3, 0.4) is 0 Å². The number of carboxylic acids is 1. The lowest BCUT2D eigenvalue weighted by molar-refractivity contribution is -0.165. The number of aliphatic carboxylic acids is 1. The van der Waals surface area contributed by atoms with E-state index in [1.807, 2.05) is 6.92 Å². The van der Waals surface area contributed by atoms with Gasteiger partial charge >= 0.3 is 11.9 Å². The van der Waals surface area contributed by atoms with Gasteiger partial charge in [-0.1, -0.05) is 31.4 Å². The van der Waals surface area contributed by atoms with Gasteiger partial charge in [-0.2, -0.15) is 0 Å². The largest absolute Gasteiger partial charge is 0.478 e. The maximum atomic E-state index is 12.0. The highest BCUT2D eigenvalue weighted by Gasteiger charge is 2.48. The normalized spacial score (nSPS) is 30.7. The fraction of sp³-hybridized carbons (Fsp3) is 0.769. The molecular formula is C26H42O9. The number of unbranched alkanes of at least 4 members (excludes halogenated alkanes) is 4. The van der Waals surface area contributed by atoms with Crippen LogP contribution in [-0.2, 0) is 23.8 Å². The molecule has 0 aromatic heterocycles. The lowest BCUT2D eigenvalue weighted by Gasteiger charge is -2.38. The topological polar surface area (TPSA) is 146 Å². The van der Waals surface area contributed by atoms with Crippen LogP contribution < -0.4 is 0 Å². The lowest BCUT2D eigenvalue weighted by atomic mass is 9.85. The Kier molecular flexibility index (Phi) is 12.4. The molecule has 0 aliphatic carbocycles. The average Bonchev–Trinajstić information content (AvgIpc) is 3.55. The fourth-order valence-electron chi connectivity index (χ4n) is 4.41. The molecular weight excluding hydrogens is 456 g/mol. The monoisotopic (exact) mass is 498 g/mol. The Bertz CT molecular complexity index is 732. The summed E-state index contributed by atoms with van der Waals surface area (Å²) in [5.41, 5.74) is 0.700. The van der Waals surface area contributed by atoms with Crippen LogP contribution in [0.5, 0.6) is 0 Å². The summed E-state index contributed by atoms with van der Waals surface area (Å²) in [5, 5.41) is 39.4. The quantitative estimate of drug-likeness (QED) is 0.116. The summed E-state index contributed by atoms with van der Waals surface area (Å²) in [6.45, 7) is 6.03. The highest BCUT2D eigenvalue weighted by Crippen LogP contribution is 2.38. The van der Waals surface area contributed by atoms with E-state index in [4.69, 9.17) is 19.3 Å². The van der Waals surface area contributed by atoms with Crippen LogP contribution in [0.15, 0.2) is 23.8 Å². The first kappa shape index (κ1) is 29.5. The van der Waals surface area contributed by atoms with Gasteiger partial charge in [0, 0.05) is 24.0 Å². The van der Waals surface area contributed by atoms with Gasteiger partial charge in [0.25, 0.3) is 0 Å². The molecule has 9 nitrogen and oxygen atoms in total. The summed E-state index contributed by atoms with van der Waals surface area (Å²) in [5.74, 6) is -1.62. The molecule has 200 valence electrons. The molecule has 8 unspecified atom stereocenters. The molecule has 0 aromatic carbocycles. The third-order valence-corrected chi connectivity index (χ3v) is 6.83. The molecule has 9 heteroatoms. The number of carbonyl (C=O) groups excluding carboxylic acids is 1. The third-order valence-electron chi connectivity index (χ3n) is 6.83. The van der Waals surface area contributed by atoms with Crippen molar-refractivity contribution in [3.63, 3.8) is 0 Å². The van der Waals surface area contributed by atoms with Gasteiger partial charge in [0.15, 0.2) is 0 Å². The summed E-state index contributed by atoms with van der Waals surface area (Å²) >= 11 is 0. The summed E-state index contributed by atoms with van der Waals surface area (Å²) in [6, 6.07) is 0. The smallest absolute Gasteiger partial charge is 0.330 e. The second-order valence-electron chi connectivity index (χ2n) is 9.89. The number of carboxylic acid groups (broad SMARTS) is 1. The SMILES string of the molecule is C/C(=C\C(=O)OCCCCCC/C=C/C(=O)O)CC1OCC(CC2OC2C(C)C(C)O)C(O)C1O. The number of epoxide rings is 1. The van der Waals surface area contributed by atoms with E-state index < -0.39 is 36.4 Å². The standard InChI is InChI=1S/C26H42O9/c1-16(13-23(30)33-11-9-7-5-4-6-8-10-22(28)29)12-20-25(32)24(31)19(15-34-20)14-21-26(35-21)17(2)18(3)27/h8,10,13,17-21,24-27,31-32H,4-7,9,11-12,14-15H2,1-3H3,(H,28,29)/b10-8+,16-13+. The predicted molar refractivity (Wildman–Crippen MR) is 129 cm³/mol. The van der Waals surface area contributed by atoms with Crippen LogP contribution in [-0.4, -0.2) is 82.2 Å². The van der Waals surface area contributed by atoms with Crippen LogP contribution in [0.1, 0.15) is 65.7 Å². The number of aliphatic hydroxyl groups excluding tert-OH is 3. The van der Waals surface area contributed by atoms with Gasteiger partial charge < -0.3 is 34.6 Å². The van der Waals surface area contributed by atoms with Gasteiger partial charge in [-0.15, -0.1) is 0 Å². The number of allylic oxidation sites excluding steroid dienone is 1. The Morgan fingerprint density at radius 3 is 2.49 bits per heavy atom. The summed E-state index contributed by atoms with van der Waals surface area (Å²) in [6.07, 6.45) is 6.07. The molecule has 2 fully saturated rings. The molecule has 0 spiro atoms. The predicted octanol–water partition coefficient (Wildman–Crippen LogP) is 2.37. The molecule has 0 radical (unpaired) electrons. The Balaban J connectivity index is 1.63. The van der Waals surface area contributed by atoms with E-state index >= 15 is 0 Å². The minimum atomic E-state index is -1.06. The molecule has 0 saturated carbocycles. The van der Waals surface area contributed by atoms with E-state index in [0.29, 0.717) is 31.6 Å². The number of hydrogen-bond acceptors (Lipinski definition) is 8. The van der Waals surface area contributed by atoms with Crippen LogP contribution in [0.25, 0.3) is 0 Å². The summed E-state index contributed by atoms with van der Waals surface area (Å²) < 4.78 is 16.7. The van der Waals surface area contributed by atoms with Crippen LogP contribution >= 0.6 is 0 Å². The Labute approximate surface area is 207 Å². The molecule has 2 aliphatic heterocycles. The minimum absolute atomic E-state index is 0.0136. The highest BCUT2D eigenvalue weighted by molar-refractivity contribution is 5.82. The number of hydrogen-bond donors (Lipinski definition) is 4. The highest BCUT2D eigenvalue weighted by atomic mass is 16.6. The molecule has 35 heavy (non-hydrogen) atoms. The van der Waals surface area contributed by atoms with Gasteiger partial charge in [0.05, 0.1) is 43.7 Å². The average molecular weight is 499 g/mol. The van der Waals surface area contributed by atoms with E-state index in [9.17, 15) is 24.9 Å². The van der Waals surface area contributed by atoms with E-state index in [0.717, 1.165) is 38.2 Å². The zero-order valence-corrected chi connectivity index (χ0v) is 21.0. The Morgan fingerprint density at radius 2 is 1.80 bits per heavy atom. The van der Waals surface area contributed by atoms with Crippen molar-refractivity contribution in [2.45, 2.75) is 102 Å².